The number of esters is 1. The van der Waals surface area contributed by atoms with Crippen molar-refractivity contribution in [2.45, 2.75) is 18.7 Å². The Labute approximate surface area is 119 Å². The molecule has 0 aliphatic rings. The van der Waals surface area contributed by atoms with Gasteiger partial charge in [0.15, 0.2) is 0 Å². The number of hydrogen-bond acceptors (Lipinski definition) is 5. The van der Waals surface area contributed by atoms with Gasteiger partial charge in [-0.05, 0) is 24.1 Å². The highest BCUT2D eigenvalue weighted by Gasteiger charge is 2.19. The topological polar surface area (TPSA) is 89.7 Å². The minimum absolute atomic E-state index is 0.0958. The molecule has 0 radical (unpaired) electrons. The third-order valence-electron chi connectivity index (χ3n) is 2.53. The summed E-state index contributed by atoms with van der Waals surface area (Å²) < 4.78 is 28.3. The van der Waals surface area contributed by atoms with Crippen LogP contribution in [0.2, 0.25) is 0 Å². The van der Waals surface area contributed by atoms with Gasteiger partial charge in [-0.25, -0.2) is 18.4 Å². The molecule has 0 aromatic heterocycles. The van der Waals surface area contributed by atoms with Gasteiger partial charge in [-0.2, -0.15) is 0 Å². The number of nitrogens with zero attached hydrogens (tertiary/aromatic N) is 1. The highest BCUT2D eigenvalue weighted by molar-refractivity contribution is 7.89. The first kappa shape index (κ1) is 16.5. The van der Waals surface area contributed by atoms with Gasteiger partial charge in [0.25, 0.3) is 0 Å². The van der Waals surface area contributed by atoms with E-state index in [9.17, 15) is 13.2 Å². The van der Waals surface area contributed by atoms with Gasteiger partial charge in [0.2, 0.25) is 10.0 Å². The number of carbonyl (C=O) groups excluding carboxylic acids is 1. The van der Waals surface area contributed by atoms with Crippen LogP contribution in [0.15, 0.2) is 23.1 Å². The highest BCUT2D eigenvalue weighted by Crippen LogP contribution is 2.24. The van der Waals surface area contributed by atoms with Crippen LogP contribution in [0.1, 0.15) is 24.2 Å². The number of benzene rings is 1. The van der Waals surface area contributed by atoms with Gasteiger partial charge in [-0.15, -0.1) is 0 Å². The number of sulfonamides is 1. The van der Waals surface area contributed by atoms with Gasteiger partial charge in [0, 0.05) is 14.1 Å². The maximum absolute atomic E-state index is 11.8. The summed E-state index contributed by atoms with van der Waals surface area (Å²) in [7, 11) is -0.525. The number of rotatable bonds is 5. The van der Waals surface area contributed by atoms with E-state index in [0.29, 0.717) is 5.69 Å². The van der Waals surface area contributed by atoms with Crippen LogP contribution in [0.5, 0.6) is 0 Å². The summed E-state index contributed by atoms with van der Waals surface area (Å²) >= 11 is 0. The average molecular weight is 300 g/mol. The van der Waals surface area contributed by atoms with Crippen molar-refractivity contribution in [3.8, 4) is 0 Å². The number of hydrogen-bond donors (Lipinski definition) is 1. The molecule has 0 bridgehead atoms. The third-order valence-corrected chi connectivity index (χ3v) is 3.47. The van der Waals surface area contributed by atoms with Crippen molar-refractivity contribution in [1.82, 2.24) is 0 Å². The van der Waals surface area contributed by atoms with E-state index >= 15 is 0 Å². The van der Waals surface area contributed by atoms with Crippen molar-refractivity contribution < 1.29 is 17.9 Å². The lowest BCUT2D eigenvalue weighted by molar-refractivity contribution is 0.0458. The summed E-state index contributed by atoms with van der Waals surface area (Å²) in [6.45, 7) is 4.11. The summed E-state index contributed by atoms with van der Waals surface area (Å²) in [6, 6.07) is 4.30. The van der Waals surface area contributed by atoms with Crippen molar-refractivity contribution in [2.75, 3.05) is 25.6 Å². The Morgan fingerprint density at radius 1 is 1.35 bits per heavy atom. The van der Waals surface area contributed by atoms with Crippen molar-refractivity contribution in [3.63, 3.8) is 0 Å². The summed E-state index contributed by atoms with van der Waals surface area (Å²) in [5.41, 5.74) is 0.591. The molecule has 0 aliphatic carbocycles. The fourth-order valence-corrected chi connectivity index (χ4v) is 2.40. The third kappa shape index (κ3) is 4.21. The predicted octanol–water partition coefficient (Wildman–Crippen LogP) is 1.21. The molecule has 2 N–H and O–H groups in total. The summed E-state index contributed by atoms with van der Waals surface area (Å²) in [6.07, 6.45) is 0. The molecule has 1 rings (SSSR count). The van der Waals surface area contributed by atoms with E-state index in [-0.39, 0.29) is 23.0 Å². The van der Waals surface area contributed by atoms with E-state index in [4.69, 9.17) is 9.88 Å². The molecule has 0 fully saturated rings. The molecule has 1 aromatic rings. The maximum Gasteiger partial charge on any atom is 0.338 e. The molecule has 112 valence electrons. The lowest BCUT2D eigenvalue weighted by atomic mass is 10.2. The van der Waals surface area contributed by atoms with Gasteiger partial charge in [-0.1, -0.05) is 13.8 Å². The molecule has 1 aromatic carbocycles. The van der Waals surface area contributed by atoms with Gasteiger partial charge in [0.05, 0.1) is 17.9 Å². The molecule has 0 amide bonds. The van der Waals surface area contributed by atoms with Crippen LogP contribution in [-0.4, -0.2) is 35.1 Å². The van der Waals surface area contributed by atoms with Crippen LogP contribution in [0.3, 0.4) is 0 Å². The Kier molecular flexibility index (Phi) is 5.13. The zero-order valence-electron chi connectivity index (χ0n) is 12.1. The SMILES string of the molecule is CC(C)COC(=O)c1ccc(N(C)C)c(S(N)(=O)=O)c1. The Morgan fingerprint density at radius 2 is 1.95 bits per heavy atom. The summed E-state index contributed by atoms with van der Waals surface area (Å²) in [5.74, 6) is -0.355. The maximum atomic E-state index is 11.8. The van der Waals surface area contributed by atoms with Crippen LogP contribution < -0.4 is 10.0 Å². The number of primary sulfonamides is 1. The first-order valence-corrected chi connectivity index (χ1v) is 7.69. The normalized spacial score (nSPS) is 11.5. The van der Waals surface area contributed by atoms with E-state index in [1.807, 2.05) is 13.8 Å². The zero-order valence-corrected chi connectivity index (χ0v) is 12.9. The summed E-state index contributed by atoms with van der Waals surface area (Å²) in [5, 5.41) is 5.18. The number of nitrogens with two attached hydrogens (primary N) is 1. The van der Waals surface area contributed by atoms with Crippen molar-refractivity contribution in [3.05, 3.63) is 23.8 Å². The van der Waals surface area contributed by atoms with Gasteiger partial charge in [0.1, 0.15) is 4.90 Å². The molecule has 20 heavy (non-hydrogen) atoms. The monoisotopic (exact) mass is 300 g/mol. The van der Waals surface area contributed by atoms with Crippen LogP contribution in [0.4, 0.5) is 5.69 Å². The summed E-state index contributed by atoms with van der Waals surface area (Å²) in [4.78, 5) is 13.4. The van der Waals surface area contributed by atoms with E-state index < -0.39 is 16.0 Å². The first-order valence-electron chi connectivity index (χ1n) is 6.14. The molecule has 0 spiro atoms. The minimum atomic E-state index is -3.92. The van der Waals surface area contributed by atoms with Crippen LogP contribution in [0.25, 0.3) is 0 Å². The van der Waals surface area contributed by atoms with Crippen LogP contribution in [0, 0.1) is 5.92 Å². The molecule has 0 aliphatic heterocycles. The lowest BCUT2D eigenvalue weighted by Crippen LogP contribution is -2.20. The Morgan fingerprint density at radius 3 is 2.40 bits per heavy atom. The molecule has 0 atom stereocenters. The fourth-order valence-electron chi connectivity index (χ4n) is 1.56. The predicted molar refractivity (Wildman–Crippen MR) is 77.3 cm³/mol. The Bertz CT molecular complexity index is 594. The molecule has 7 heteroatoms. The molecule has 0 heterocycles. The van der Waals surface area contributed by atoms with Crippen molar-refractivity contribution in [2.24, 2.45) is 11.1 Å². The standard InChI is InChI=1S/C13H20N2O4S/c1-9(2)8-19-13(16)10-5-6-11(15(3)4)12(7-10)20(14,17)18/h5-7,9H,8H2,1-4H3,(H2,14,17,18). The average Bonchev–Trinajstić information content (AvgIpc) is 2.33. The van der Waals surface area contributed by atoms with Crippen molar-refractivity contribution in [1.29, 1.82) is 0 Å². The Hall–Kier alpha value is -1.60. The van der Waals surface area contributed by atoms with Gasteiger partial charge in [-0.3, -0.25) is 0 Å². The molecule has 0 saturated heterocycles. The van der Waals surface area contributed by atoms with E-state index in [2.05, 4.69) is 0 Å². The second-order valence-electron chi connectivity index (χ2n) is 5.11. The van der Waals surface area contributed by atoms with Crippen molar-refractivity contribution >= 4 is 21.7 Å². The van der Waals surface area contributed by atoms with E-state index in [1.54, 1.807) is 19.0 Å². The molecular formula is C13H20N2O4S. The molecule has 6 nitrogen and oxygen atoms in total. The largest absolute Gasteiger partial charge is 0.462 e. The van der Waals surface area contributed by atoms with E-state index in [1.165, 1.54) is 18.2 Å². The minimum Gasteiger partial charge on any atom is -0.462 e. The van der Waals surface area contributed by atoms with Crippen LogP contribution in [-0.2, 0) is 14.8 Å². The molecule has 0 saturated carbocycles. The van der Waals surface area contributed by atoms with Gasteiger partial charge < -0.3 is 9.64 Å². The first-order chi connectivity index (χ1) is 9.12. The molecular weight excluding hydrogens is 280 g/mol. The van der Waals surface area contributed by atoms with E-state index in [0.717, 1.165) is 0 Å². The second kappa shape index (κ2) is 6.23. The molecule has 0 unspecified atom stereocenters. The lowest BCUT2D eigenvalue weighted by Gasteiger charge is -2.17. The number of ether oxygens (including phenoxy) is 1. The highest BCUT2D eigenvalue weighted by atomic mass is 32.2. The zero-order chi connectivity index (χ0) is 15.5. The fraction of sp³-hybridized carbons (Fsp3) is 0.462. The number of carbonyl (C=O) groups is 1. The van der Waals surface area contributed by atoms with Crippen LogP contribution >= 0.6 is 0 Å². The second-order valence-corrected chi connectivity index (χ2v) is 6.64. The number of anilines is 1. The Balaban J connectivity index is 3.17. The smallest absolute Gasteiger partial charge is 0.338 e. The quantitative estimate of drug-likeness (QED) is 0.826. The van der Waals surface area contributed by atoms with Gasteiger partial charge >= 0.3 is 5.97 Å².